The molecule has 0 aliphatic heterocycles. The van der Waals surface area contributed by atoms with Crippen LogP contribution in [0.1, 0.15) is 18.4 Å². The second-order valence-corrected chi connectivity index (χ2v) is 4.23. The van der Waals surface area contributed by atoms with E-state index in [2.05, 4.69) is 11.4 Å². The quantitative estimate of drug-likeness (QED) is 0.799. The van der Waals surface area contributed by atoms with E-state index in [-0.39, 0.29) is 0 Å². The third-order valence-corrected chi connectivity index (χ3v) is 2.93. The summed E-state index contributed by atoms with van der Waals surface area (Å²) in [6.07, 6.45) is 2.75. The van der Waals surface area contributed by atoms with Gasteiger partial charge in [0, 0.05) is 12.1 Å². The Morgan fingerprint density at radius 3 is 2.69 bits per heavy atom. The predicted octanol–water partition coefficient (Wildman–Crippen LogP) is 2.20. The van der Waals surface area contributed by atoms with E-state index in [1.165, 1.54) is 12.8 Å². The van der Waals surface area contributed by atoms with E-state index in [1.807, 2.05) is 12.1 Å². The van der Waals surface area contributed by atoms with Crippen LogP contribution in [0.5, 0.6) is 11.5 Å². The summed E-state index contributed by atoms with van der Waals surface area (Å²) in [6, 6.07) is 5.99. The fourth-order valence-corrected chi connectivity index (χ4v) is 1.83. The molecule has 0 unspecified atom stereocenters. The molecule has 1 aliphatic carbocycles. The zero-order valence-electron chi connectivity index (χ0n) is 9.95. The molecule has 3 heteroatoms. The van der Waals surface area contributed by atoms with Gasteiger partial charge in [-0.15, -0.1) is 0 Å². The summed E-state index contributed by atoms with van der Waals surface area (Å²) < 4.78 is 10.6. The first-order valence-corrected chi connectivity index (χ1v) is 5.75. The second-order valence-electron chi connectivity index (χ2n) is 4.23. The van der Waals surface area contributed by atoms with Gasteiger partial charge in [0.1, 0.15) is 0 Å². The minimum Gasteiger partial charge on any atom is -0.493 e. The largest absolute Gasteiger partial charge is 0.493 e. The molecule has 16 heavy (non-hydrogen) atoms. The molecule has 0 amide bonds. The number of methoxy groups -OCH3 is 2. The van der Waals surface area contributed by atoms with Crippen LogP contribution in [0.15, 0.2) is 18.2 Å². The van der Waals surface area contributed by atoms with Crippen LogP contribution in [-0.2, 0) is 6.54 Å². The molecular weight excluding hydrogens is 202 g/mol. The molecule has 1 aromatic rings. The maximum atomic E-state index is 5.38. The van der Waals surface area contributed by atoms with Crippen LogP contribution in [0.25, 0.3) is 0 Å². The van der Waals surface area contributed by atoms with Gasteiger partial charge in [0.05, 0.1) is 14.2 Å². The monoisotopic (exact) mass is 221 g/mol. The fourth-order valence-electron chi connectivity index (χ4n) is 1.83. The highest BCUT2D eigenvalue weighted by molar-refractivity contribution is 5.46. The van der Waals surface area contributed by atoms with E-state index in [0.29, 0.717) is 0 Å². The van der Waals surface area contributed by atoms with Gasteiger partial charge in [-0.05, 0) is 31.4 Å². The topological polar surface area (TPSA) is 30.5 Å². The van der Waals surface area contributed by atoms with E-state index < -0.39 is 0 Å². The average Bonchev–Trinajstić information content (AvgIpc) is 3.12. The average molecular weight is 221 g/mol. The third-order valence-electron chi connectivity index (χ3n) is 2.93. The van der Waals surface area contributed by atoms with Crippen LogP contribution >= 0.6 is 0 Å². The van der Waals surface area contributed by atoms with Crippen LogP contribution in [0.3, 0.4) is 0 Å². The van der Waals surface area contributed by atoms with Gasteiger partial charge in [-0.1, -0.05) is 12.1 Å². The molecule has 2 rings (SSSR count). The minimum atomic E-state index is 0.799. The van der Waals surface area contributed by atoms with Gasteiger partial charge in [0.2, 0.25) is 0 Å². The van der Waals surface area contributed by atoms with Crippen LogP contribution < -0.4 is 14.8 Å². The molecule has 0 radical (unpaired) electrons. The molecule has 0 heterocycles. The zero-order valence-corrected chi connectivity index (χ0v) is 9.95. The molecule has 0 saturated heterocycles. The Bertz CT molecular complexity index is 348. The van der Waals surface area contributed by atoms with Crippen molar-refractivity contribution in [2.75, 3.05) is 20.8 Å². The van der Waals surface area contributed by atoms with Gasteiger partial charge in [-0.3, -0.25) is 0 Å². The molecular formula is C13H19NO2. The number of para-hydroxylation sites is 1. The number of hydrogen-bond acceptors (Lipinski definition) is 3. The second kappa shape index (κ2) is 5.21. The number of rotatable bonds is 6. The van der Waals surface area contributed by atoms with Crippen molar-refractivity contribution in [3.05, 3.63) is 23.8 Å². The van der Waals surface area contributed by atoms with Gasteiger partial charge >= 0.3 is 0 Å². The lowest BCUT2D eigenvalue weighted by Gasteiger charge is -2.12. The Balaban J connectivity index is 1.99. The Morgan fingerprint density at radius 2 is 2.06 bits per heavy atom. The Hall–Kier alpha value is -1.22. The lowest BCUT2D eigenvalue weighted by Crippen LogP contribution is -2.16. The van der Waals surface area contributed by atoms with Crippen molar-refractivity contribution in [1.82, 2.24) is 5.32 Å². The summed E-state index contributed by atoms with van der Waals surface area (Å²) in [7, 11) is 3.35. The molecule has 88 valence electrons. The predicted molar refractivity (Wildman–Crippen MR) is 64.0 cm³/mol. The SMILES string of the molecule is COc1cccc(CNCC2CC2)c1OC. The molecule has 0 atom stereocenters. The first-order chi connectivity index (χ1) is 7.85. The lowest BCUT2D eigenvalue weighted by atomic mass is 10.2. The maximum absolute atomic E-state index is 5.38. The molecule has 1 N–H and O–H groups in total. The number of ether oxygens (including phenoxy) is 2. The van der Waals surface area contributed by atoms with Crippen molar-refractivity contribution in [3.8, 4) is 11.5 Å². The van der Waals surface area contributed by atoms with Crippen molar-refractivity contribution in [1.29, 1.82) is 0 Å². The van der Waals surface area contributed by atoms with Crippen molar-refractivity contribution < 1.29 is 9.47 Å². The van der Waals surface area contributed by atoms with E-state index in [9.17, 15) is 0 Å². The lowest BCUT2D eigenvalue weighted by molar-refractivity contribution is 0.350. The maximum Gasteiger partial charge on any atom is 0.165 e. The highest BCUT2D eigenvalue weighted by atomic mass is 16.5. The molecule has 0 bridgehead atoms. The summed E-state index contributed by atoms with van der Waals surface area (Å²) >= 11 is 0. The molecule has 1 aromatic carbocycles. The van der Waals surface area contributed by atoms with Crippen molar-refractivity contribution in [2.24, 2.45) is 5.92 Å². The normalized spacial score (nSPS) is 14.9. The van der Waals surface area contributed by atoms with E-state index >= 15 is 0 Å². The Kier molecular flexibility index (Phi) is 3.67. The summed E-state index contributed by atoms with van der Waals surface area (Å²) in [4.78, 5) is 0. The van der Waals surface area contributed by atoms with Crippen molar-refractivity contribution in [3.63, 3.8) is 0 Å². The van der Waals surface area contributed by atoms with Crippen LogP contribution in [0.4, 0.5) is 0 Å². The first kappa shape index (κ1) is 11.3. The fraction of sp³-hybridized carbons (Fsp3) is 0.538. The molecule has 1 aliphatic rings. The summed E-state index contributed by atoms with van der Waals surface area (Å²) in [5.41, 5.74) is 1.16. The van der Waals surface area contributed by atoms with Gasteiger partial charge in [0.15, 0.2) is 11.5 Å². The molecule has 1 saturated carbocycles. The van der Waals surface area contributed by atoms with Gasteiger partial charge < -0.3 is 14.8 Å². The van der Waals surface area contributed by atoms with Crippen LogP contribution in [0.2, 0.25) is 0 Å². The van der Waals surface area contributed by atoms with Crippen molar-refractivity contribution >= 4 is 0 Å². The molecule has 0 aromatic heterocycles. The van der Waals surface area contributed by atoms with E-state index in [4.69, 9.17) is 9.47 Å². The first-order valence-electron chi connectivity index (χ1n) is 5.75. The summed E-state index contributed by atoms with van der Waals surface area (Å²) in [5, 5.41) is 3.45. The molecule has 1 fully saturated rings. The van der Waals surface area contributed by atoms with Gasteiger partial charge in [-0.25, -0.2) is 0 Å². The zero-order chi connectivity index (χ0) is 11.4. The Labute approximate surface area is 96.8 Å². The number of nitrogens with one attached hydrogen (secondary N) is 1. The summed E-state index contributed by atoms with van der Waals surface area (Å²) in [6.45, 7) is 1.96. The minimum absolute atomic E-state index is 0.799. The number of benzene rings is 1. The molecule has 3 nitrogen and oxygen atoms in total. The standard InChI is InChI=1S/C13H19NO2/c1-15-12-5-3-4-11(13(12)16-2)9-14-8-10-6-7-10/h3-5,10,14H,6-9H2,1-2H3. The van der Waals surface area contributed by atoms with E-state index in [1.54, 1.807) is 14.2 Å². The van der Waals surface area contributed by atoms with Crippen LogP contribution in [0, 0.1) is 5.92 Å². The highest BCUT2D eigenvalue weighted by Crippen LogP contribution is 2.31. The Morgan fingerprint density at radius 1 is 1.25 bits per heavy atom. The van der Waals surface area contributed by atoms with E-state index in [0.717, 1.165) is 36.1 Å². The van der Waals surface area contributed by atoms with Crippen LogP contribution in [-0.4, -0.2) is 20.8 Å². The van der Waals surface area contributed by atoms with Gasteiger partial charge in [0.25, 0.3) is 0 Å². The third kappa shape index (κ3) is 2.67. The smallest absolute Gasteiger partial charge is 0.165 e. The van der Waals surface area contributed by atoms with Crippen molar-refractivity contribution in [2.45, 2.75) is 19.4 Å². The highest BCUT2D eigenvalue weighted by Gasteiger charge is 2.20. The number of hydrogen-bond donors (Lipinski definition) is 1. The van der Waals surface area contributed by atoms with Gasteiger partial charge in [-0.2, -0.15) is 0 Å². The molecule has 0 spiro atoms. The summed E-state index contributed by atoms with van der Waals surface area (Å²) in [5.74, 6) is 2.54.